The first-order valence-corrected chi connectivity index (χ1v) is 20.9. The van der Waals surface area contributed by atoms with Crippen molar-refractivity contribution in [2.24, 2.45) is 5.92 Å². The Balaban J connectivity index is 0.000000190. The number of piperidine rings is 1. The van der Waals surface area contributed by atoms with Crippen LogP contribution >= 0.6 is 0 Å². The van der Waals surface area contributed by atoms with Gasteiger partial charge in [-0.25, -0.2) is 18.7 Å². The Kier molecular flexibility index (Phi) is 11.1. The molecule has 1 unspecified atom stereocenters. The fraction of sp³-hybridized carbons (Fsp3) is 0.545. The van der Waals surface area contributed by atoms with E-state index in [1.54, 1.807) is 18.5 Å². The number of hydrogen-bond donors (Lipinski definition) is 2. The fourth-order valence-electron chi connectivity index (χ4n) is 9.54. The minimum absolute atomic E-state index is 0.0738. The largest absolute Gasteiger partial charge is 0.349 e. The van der Waals surface area contributed by atoms with Gasteiger partial charge >= 0.3 is 0 Å². The van der Waals surface area contributed by atoms with Crippen molar-refractivity contribution >= 4 is 29.1 Å². The number of alkyl halides is 2. The van der Waals surface area contributed by atoms with Crippen molar-refractivity contribution in [1.82, 2.24) is 34.9 Å². The van der Waals surface area contributed by atoms with Crippen LogP contribution in [0.3, 0.4) is 0 Å². The zero-order valence-electron chi connectivity index (χ0n) is 33.5. The molecule has 11 nitrogen and oxygen atoms in total. The summed E-state index contributed by atoms with van der Waals surface area (Å²) >= 11 is 0. The first-order chi connectivity index (χ1) is 27.5. The van der Waals surface area contributed by atoms with Gasteiger partial charge in [0, 0.05) is 67.8 Å². The number of aromatic nitrogens is 5. The molecule has 3 aliphatic heterocycles. The van der Waals surface area contributed by atoms with Crippen LogP contribution in [0.4, 0.5) is 26.1 Å². The average Bonchev–Trinajstić information content (AvgIpc) is 3.93. The quantitative estimate of drug-likeness (QED) is 0.173. The number of carbonyl (C=O) groups excluding carboxylic acids is 2. The van der Waals surface area contributed by atoms with E-state index < -0.39 is 5.92 Å². The third-order valence-electron chi connectivity index (χ3n) is 12.7. The van der Waals surface area contributed by atoms with Crippen LogP contribution in [-0.4, -0.2) is 72.0 Å². The van der Waals surface area contributed by atoms with Gasteiger partial charge in [-0.05, 0) is 101 Å². The summed E-state index contributed by atoms with van der Waals surface area (Å²) in [5, 5.41) is 15.1. The number of carbonyl (C=O) groups is 2. The minimum Gasteiger partial charge on any atom is -0.349 e. The molecule has 2 aliphatic carbocycles. The number of benzene rings is 1. The molecule has 2 saturated carbocycles. The van der Waals surface area contributed by atoms with Gasteiger partial charge in [-0.15, -0.1) is 10.2 Å². The Morgan fingerprint density at radius 3 is 2.23 bits per heavy atom. The topological polar surface area (TPSA) is 121 Å². The maximum Gasteiger partial charge on any atom is 0.259 e. The van der Waals surface area contributed by atoms with Gasteiger partial charge in [-0.1, -0.05) is 44.2 Å². The summed E-state index contributed by atoms with van der Waals surface area (Å²) in [6, 6.07) is 17.4. The molecular formula is C44H55F2N9O2. The molecular weight excluding hydrogens is 725 g/mol. The van der Waals surface area contributed by atoms with E-state index >= 15 is 0 Å². The number of halogens is 2. The fourth-order valence-corrected chi connectivity index (χ4v) is 9.54. The number of nitrogens with one attached hydrogen (secondary N) is 2. The van der Waals surface area contributed by atoms with E-state index in [1.165, 1.54) is 12.8 Å². The van der Waals surface area contributed by atoms with Crippen LogP contribution in [0.25, 0.3) is 0 Å². The van der Waals surface area contributed by atoms with Gasteiger partial charge in [0.25, 0.3) is 5.91 Å². The number of rotatable bonds is 9. The van der Waals surface area contributed by atoms with Gasteiger partial charge in [-0.3, -0.25) is 14.5 Å². The SMILES string of the molecule is Cc1ccnc2c1NC(=O)c1cccnc1N2C1CC1.Cc1nnc(C(C)C)n1C1C[C@H]2CC[C@@H](C1)N2CC[C@H](NC(=O)C1CCC(F)(F)CC1)c1ccccc1. The standard InChI is InChI=1S/C29H41F2N5O.C15H14N4O/c1-19(2)27-34-33-20(3)36(27)25-17-23-9-10-24(18-25)35(23)16-13-26(21-7-5-4-6-8-21)32-28(37)22-11-14-29(30,31)15-12-22;1-9-6-8-17-14-12(9)18-15(20)11-3-2-7-16-13(11)19(14)10-4-5-10/h4-8,19,22-26H,9-18H2,1-3H3,(H,32,37);2-3,6-8,10H,4-5H2,1H3,(H,18,20)/t23-,24+,25?,26-;/m0./s1. The van der Waals surface area contributed by atoms with Gasteiger partial charge in [0.2, 0.25) is 11.8 Å². The molecule has 0 radical (unpaired) electrons. The van der Waals surface area contributed by atoms with Crippen LogP contribution in [0.1, 0.15) is 136 Å². The van der Waals surface area contributed by atoms with Gasteiger partial charge in [-0.2, -0.15) is 0 Å². The zero-order valence-corrected chi connectivity index (χ0v) is 33.5. The summed E-state index contributed by atoms with van der Waals surface area (Å²) in [7, 11) is 0. The third-order valence-corrected chi connectivity index (χ3v) is 12.7. The Labute approximate surface area is 334 Å². The Bertz CT molecular complexity index is 2050. The minimum atomic E-state index is -2.62. The summed E-state index contributed by atoms with van der Waals surface area (Å²) in [5.41, 5.74) is 3.50. The van der Waals surface area contributed by atoms with Crippen molar-refractivity contribution in [2.45, 2.75) is 140 Å². The first kappa shape index (κ1) is 39.1. The van der Waals surface area contributed by atoms with Crippen molar-refractivity contribution in [2.75, 3.05) is 16.8 Å². The van der Waals surface area contributed by atoms with Crippen molar-refractivity contribution in [1.29, 1.82) is 0 Å². The highest BCUT2D eigenvalue weighted by atomic mass is 19.3. The lowest BCUT2D eigenvalue weighted by atomic mass is 9.86. The Morgan fingerprint density at radius 2 is 1.54 bits per heavy atom. The van der Waals surface area contributed by atoms with Crippen LogP contribution in [0, 0.1) is 19.8 Å². The molecule has 4 aromatic rings. The normalized spacial score (nSPS) is 23.5. The van der Waals surface area contributed by atoms with Crippen molar-refractivity contribution in [3.05, 3.63) is 89.3 Å². The zero-order chi connectivity index (χ0) is 39.8. The molecule has 9 rings (SSSR count). The lowest BCUT2D eigenvalue weighted by Crippen LogP contribution is -2.45. The van der Waals surface area contributed by atoms with E-state index in [0.717, 1.165) is 72.9 Å². The summed E-state index contributed by atoms with van der Waals surface area (Å²) in [5.74, 6) is 0.827. The second-order valence-electron chi connectivity index (χ2n) is 17.0. The molecule has 2 bridgehead atoms. The molecule has 3 aromatic heterocycles. The second-order valence-corrected chi connectivity index (χ2v) is 17.0. The van der Waals surface area contributed by atoms with Crippen molar-refractivity contribution in [3.8, 4) is 0 Å². The van der Waals surface area contributed by atoms with Gasteiger partial charge in [0.1, 0.15) is 17.5 Å². The molecule has 302 valence electrons. The van der Waals surface area contributed by atoms with Crippen LogP contribution in [0.5, 0.6) is 0 Å². The van der Waals surface area contributed by atoms with E-state index in [2.05, 4.69) is 78.1 Å². The summed E-state index contributed by atoms with van der Waals surface area (Å²) < 4.78 is 29.6. The smallest absolute Gasteiger partial charge is 0.259 e. The highest BCUT2D eigenvalue weighted by Gasteiger charge is 2.43. The molecule has 57 heavy (non-hydrogen) atoms. The Morgan fingerprint density at radius 1 is 0.860 bits per heavy atom. The third kappa shape index (κ3) is 8.31. The van der Waals surface area contributed by atoms with Gasteiger partial charge in [0.05, 0.1) is 17.3 Å². The number of pyridine rings is 2. The summed E-state index contributed by atoms with van der Waals surface area (Å²) in [4.78, 5) is 39.2. The molecule has 2 N–H and O–H groups in total. The van der Waals surface area contributed by atoms with E-state index in [4.69, 9.17) is 0 Å². The molecule has 0 spiro atoms. The van der Waals surface area contributed by atoms with Crippen LogP contribution in [0.15, 0.2) is 60.9 Å². The maximum absolute atomic E-state index is 13.6. The van der Waals surface area contributed by atoms with Crippen LogP contribution < -0.4 is 15.5 Å². The number of amides is 2. The van der Waals surface area contributed by atoms with E-state index in [9.17, 15) is 18.4 Å². The predicted octanol–water partition coefficient (Wildman–Crippen LogP) is 8.60. The number of nitrogens with zero attached hydrogens (tertiary/aromatic N) is 7. The molecule has 2 amide bonds. The summed E-state index contributed by atoms with van der Waals surface area (Å²) in [6.07, 6.45) is 11.3. The van der Waals surface area contributed by atoms with E-state index in [0.29, 0.717) is 41.5 Å². The lowest BCUT2D eigenvalue weighted by Gasteiger charge is -2.40. The Hall–Kier alpha value is -4.78. The maximum atomic E-state index is 13.6. The first-order valence-electron chi connectivity index (χ1n) is 20.9. The van der Waals surface area contributed by atoms with Crippen LogP contribution in [-0.2, 0) is 4.79 Å². The second kappa shape index (κ2) is 16.2. The molecule has 2 saturated heterocycles. The lowest BCUT2D eigenvalue weighted by molar-refractivity contribution is -0.130. The predicted molar refractivity (Wildman–Crippen MR) is 216 cm³/mol. The molecule has 5 aliphatic rings. The number of hydrogen-bond acceptors (Lipinski definition) is 8. The average molecular weight is 780 g/mol. The van der Waals surface area contributed by atoms with Crippen LogP contribution in [0.2, 0.25) is 0 Å². The van der Waals surface area contributed by atoms with Gasteiger partial charge < -0.3 is 20.1 Å². The molecule has 1 aromatic carbocycles. The number of anilines is 3. The van der Waals surface area contributed by atoms with Crippen molar-refractivity contribution in [3.63, 3.8) is 0 Å². The highest BCUT2D eigenvalue weighted by molar-refractivity contribution is 6.11. The monoisotopic (exact) mass is 779 g/mol. The molecule has 6 heterocycles. The van der Waals surface area contributed by atoms with Crippen molar-refractivity contribution < 1.29 is 18.4 Å². The van der Waals surface area contributed by atoms with E-state index in [1.807, 2.05) is 37.3 Å². The molecule has 4 atom stereocenters. The van der Waals surface area contributed by atoms with Gasteiger partial charge in [0.15, 0.2) is 5.82 Å². The number of fused-ring (bicyclic) bond motifs is 4. The molecule has 4 fully saturated rings. The summed E-state index contributed by atoms with van der Waals surface area (Å²) in [6.45, 7) is 9.33. The molecule has 13 heteroatoms. The highest BCUT2D eigenvalue weighted by Crippen LogP contribution is 2.45. The number of aryl methyl sites for hydroxylation is 2. The van der Waals surface area contributed by atoms with E-state index in [-0.39, 0.29) is 49.5 Å².